The number of imidazole rings is 1. The third-order valence-corrected chi connectivity index (χ3v) is 6.11. The van der Waals surface area contributed by atoms with Crippen LogP contribution in [0.3, 0.4) is 0 Å². The Kier molecular flexibility index (Phi) is 5.87. The van der Waals surface area contributed by atoms with Gasteiger partial charge in [0.1, 0.15) is 23.9 Å². The summed E-state index contributed by atoms with van der Waals surface area (Å²) in [7, 11) is 2.85. The van der Waals surface area contributed by atoms with Gasteiger partial charge in [-0.3, -0.25) is 4.90 Å². The zero-order chi connectivity index (χ0) is 25.4. The molecule has 0 amide bonds. The first-order chi connectivity index (χ1) is 17.3. The largest absolute Gasteiger partial charge is 0.495 e. The Morgan fingerprint density at radius 3 is 2.69 bits per heavy atom. The first-order valence-electron chi connectivity index (χ1n) is 11.3. The maximum Gasteiger partial charge on any atom is 0.380 e. The zero-order valence-electron chi connectivity index (χ0n) is 20.3. The minimum absolute atomic E-state index is 0.214. The Balaban J connectivity index is 1.53. The van der Waals surface area contributed by atoms with Crippen molar-refractivity contribution in [1.82, 2.24) is 14.5 Å². The molecule has 2 aliphatic heterocycles. The van der Waals surface area contributed by atoms with Gasteiger partial charge < -0.3 is 23.6 Å². The number of aryl methyl sites for hydroxylation is 2. The van der Waals surface area contributed by atoms with Gasteiger partial charge in [-0.2, -0.15) is 0 Å². The van der Waals surface area contributed by atoms with Crippen molar-refractivity contribution >= 4 is 17.6 Å². The van der Waals surface area contributed by atoms with Gasteiger partial charge in [-0.1, -0.05) is 5.16 Å². The number of halogens is 1. The average Bonchev–Trinajstić information content (AvgIpc) is 3.39. The fourth-order valence-corrected chi connectivity index (χ4v) is 4.46. The van der Waals surface area contributed by atoms with Crippen molar-refractivity contribution in [3.8, 4) is 11.4 Å². The summed E-state index contributed by atoms with van der Waals surface area (Å²) in [6.45, 7) is 4.11. The van der Waals surface area contributed by atoms with E-state index in [-0.39, 0.29) is 18.7 Å². The lowest BCUT2D eigenvalue weighted by atomic mass is 9.98. The minimum atomic E-state index is -1.77. The standard InChI is InChI=1S/C26H25FN4O5/c1-16-9-19(12-20(27)10-16)26(25(32)34-4)31-7-8-35-22(13-24(31)29-36-26)18-5-6-21(23(11-18)33-3)30-14-17(2)28-15-30/h5-6,9-15H,7-8H2,1-4H3. The maximum absolute atomic E-state index is 14.3. The van der Waals surface area contributed by atoms with E-state index in [1.54, 1.807) is 37.4 Å². The van der Waals surface area contributed by atoms with Crippen molar-refractivity contribution in [2.45, 2.75) is 19.6 Å². The number of benzene rings is 2. The van der Waals surface area contributed by atoms with Crippen molar-refractivity contribution in [2.75, 3.05) is 27.4 Å². The predicted octanol–water partition coefficient (Wildman–Crippen LogP) is 3.68. The van der Waals surface area contributed by atoms with E-state index in [1.165, 1.54) is 19.2 Å². The molecule has 0 N–H and O–H groups in total. The first-order valence-corrected chi connectivity index (χ1v) is 11.3. The van der Waals surface area contributed by atoms with Crippen molar-refractivity contribution in [3.05, 3.63) is 83.2 Å². The third kappa shape index (κ3) is 3.84. The number of carbonyl (C=O) groups excluding carboxylic acids is 1. The van der Waals surface area contributed by atoms with E-state index in [0.29, 0.717) is 22.9 Å². The number of hydrogen-bond donors (Lipinski definition) is 0. The monoisotopic (exact) mass is 492 g/mol. The highest BCUT2D eigenvalue weighted by atomic mass is 19.1. The summed E-state index contributed by atoms with van der Waals surface area (Å²) in [5.41, 5.74) is 1.60. The highest BCUT2D eigenvalue weighted by Crippen LogP contribution is 2.39. The normalized spacial score (nSPS) is 18.9. The van der Waals surface area contributed by atoms with Gasteiger partial charge in [0.25, 0.3) is 0 Å². The molecular formula is C26H25FN4O5. The summed E-state index contributed by atoms with van der Waals surface area (Å²) >= 11 is 0. The zero-order valence-corrected chi connectivity index (χ0v) is 20.3. The molecule has 10 heteroatoms. The molecule has 0 saturated carbocycles. The summed E-state index contributed by atoms with van der Waals surface area (Å²) < 4.78 is 32.9. The van der Waals surface area contributed by atoms with Gasteiger partial charge in [0.15, 0.2) is 5.84 Å². The van der Waals surface area contributed by atoms with E-state index in [0.717, 1.165) is 16.9 Å². The summed E-state index contributed by atoms with van der Waals surface area (Å²) in [5.74, 6) is 0.280. The molecule has 186 valence electrons. The lowest BCUT2D eigenvalue weighted by Gasteiger charge is -2.33. The first kappa shape index (κ1) is 23.4. The number of nitrogens with zero attached hydrogens (tertiary/aromatic N) is 4. The van der Waals surface area contributed by atoms with Gasteiger partial charge in [-0.15, -0.1) is 0 Å². The van der Waals surface area contributed by atoms with Gasteiger partial charge in [0.2, 0.25) is 0 Å². The molecule has 36 heavy (non-hydrogen) atoms. The number of hydrogen-bond acceptors (Lipinski definition) is 8. The van der Waals surface area contributed by atoms with Crippen LogP contribution in [0.4, 0.5) is 4.39 Å². The van der Waals surface area contributed by atoms with Crippen LogP contribution < -0.4 is 4.74 Å². The lowest BCUT2D eigenvalue weighted by Crippen LogP contribution is -2.53. The fraction of sp³-hybridized carbons (Fsp3) is 0.269. The van der Waals surface area contributed by atoms with Crippen LogP contribution in [-0.4, -0.2) is 53.6 Å². The molecule has 0 bridgehead atoms. The fourth-order valence-electron chi connectivity index (χ4n) is 4.46. The van der Waals surface area contributed by atoms with Crippen LogP contribution in [0.15, 0.2) is 60.2 Å². The van der Waals surface area contributed by atoms with Crippen LogP contribution in [0.25, 0.3) is 11.4 Å². The van der Waals surface area contributed by atoms with E-state index in [9.17, 15) is 9.18 Å². The van der Waals surface area contributed by atoms with Crippen LogP contribution in [0.2, 0.25) is 0 Å². The van der Waals surface area contributed by atoms with Crippen LogP contribution >= 0.6 is 0 Å². The summed E-state index contributed by atoms with van der Waals surface area (Å²) in [6.07, 6.45) is 5.30. The Morgan fingerprint density at radius 1 is 1.17 bits per heavy atom. The molecule has 1 atom stereocenters. The molecule has 0 spiro atoms. The van der Waals surface area contributed by atoms with Gasteiger partial charge >= 0.3 is 11.7 Å². The SMILES string of the molecule is COC(=O)C1(c2cc(C)cc(F)c2)ON=C2C=C(c3ccc(-n4cnc(C)c4)c(OC)c3)OCCN21. The second kappa shape index (κ2) is 9.03. The molecule has 3 heterocycles. The molecule has 0 fully saturated rings. The third-order valence-electron chi connectivity index (χ3n) is 6.11. The summed E-state index contributed by atoms with van der Waals surface area (Å²) in [5, 5.41) is 4.18. The lowest BCUT2D eigenvalue weighted by molar-refractivity contribution is -0.186. The molecule has 0 radical (unpaired) electrons. The number of carbonyl (C=O) groups is 1. The number of fused-ring (bicyclic) bond motifs is 1. The second-order valence-corrected chi connectivity index (χ2v) is 8.51. The maximum atomic E-state index is 14.3. The molecule has 5 rings (SSSR count). The van der Waals surface area contributed by atoms with Gasteiger partial charge in [-0.05, 0) is 55.8 Å². The Morgan fingerprint density at radius 2 is 2.00 bits per heavy atom. The Bertz CT molecular complexity index is 1380. The van der Waals surface area contributed by atoms with E-state index in [4.69, 9.17) is 19.0 Å². The van der Waals surface area contributed by atoms with Crippen molar-refractivity contribution in [1.29, 1.82) is 0 Å². The van der Waals surface area contributed by atoms with Gasteiger partial charge in [0.05, 0.1) is 38.5 Å². The average molecular weight is 493 g/mol. The number of rotatable bonds is 5. The van der Waals surface area contributed by atoms with Crippen molar-refractivity contribution < 1.29 is 28.2 Å². The topological polar surface area (TPSA) is 87.4 Å². The second-order valence-electron chi connectivity index (χ2n) is 8.51. The quantitative estimate of drug-likeness (QED) is 0.502. The van der Waals surface area contributed by atoms with E-state index >= 15 is 0 Å². The Labute approximate surface area is 207 Å². The number of oxime groups is 1. The molecule has 2 aromatic carbocycles. The molecule has 2 aliphatic rings. The van der Waals surface area contributed by atoms with Crippen LogP contribution in [0, 0.1) is 19.7 Å². The van der Waals surface area contributed by atoms with Gasteiger partial charge in [-0.25, -0.2) is 14.2 Å². The number of esters is 1. The smallest absolute Gasteiger partial charge is 0.380 e. The highest BCUT2D eigenvalue weighted by Gasteiger charge is 2.56. The highest BCUT2D eigenvalue weighted by molar-refractivity contribution is 6.02. The predicted molar refractivity (Wildman–Crippen MR) is 129 cm³/mol. The van der Waals surface area contributed by atoms with Crippen LogP contribution in [0.5, 0.6) is 5.75 Å². The van der Waals surface area contributed by atoms with Crippen molar-refractivity contribution in [2.24, 2.45) is 5.16 Å². The number of aromatic nitrogens is 2. The molecular weight excluding hydrogens is 467 g/mol. The van der Waals surface area contributed by atoms with Crippen molar-refractivity contribution in [3.63, 3.8) is 0 Å². The van der Waals surface area contributed by atoms with Crippen LogP contribution in [-0.2, 0) is 24.8 Å². The molecule has 9 nitrogen and oxygen atoms in total. The molecule has 0 aliphatic carbocycles. The van der Waals surface area contributed by atoms with E-state index in [2.05, 4.69) is 10.1 Å². The number of amidine groups is 1. The number of ether oxygens (including phenoxy) is 3. The Hall–Kier alpha value is -4.34. The van der Waals surface area contributed by atoms with E-state index < -0.39 is 17.5 Å². The minimum Gasteiger partial charge on any atom is -0.495 e. The summed E-state index contributed by atoms with van der Waals surface area (Å²) in [4.78, 5) is 24.7. The molecule has 1 aromatic heterocycles. The molecule has 3 aromatic rings. The molecule has 0 saturated heterocycles. The van der Waals surface area contributed by atoms with Crippen LogP contribution in [0.1, 0.15) is 22.4 Å². The van der Waals surface area contributed by atoms with Gasteiger partial charge in [0, 0.05) is 23.4 Å². The van der Waals surface area contributed by atoms with E-state index in [1.807, 2.05) is 35.9 Å². The summed E-state index contributed by atoms with van der Waals surface area (Å²) in [6, 6.07) is 9.96. The molecule has 1 unspecified atom stereocenters. The number of methoxy groups -OCH3 is 2.